The molecular formula is C25H24N2O6. The zero-order chi connectivity index (χ0) is 23.8. The van der Waals surface area contributed by atoms with Crippen LogP contribution < -0.4 is 19.7 Å². The Kier molecular flexibility index (Phi) is 7.64. The van der Waals surface area contributed by atoms with Crippen LogP contribution in [0.3, 0.4) is 0 Å². The van der Waals surface area contributed by atoms with E-state index in [0.29, 0.717) is 42.5 Å². The van der Waals surface area contributed by atoms with Crippen LogP contribution in [0.1, 0.15) is 34.6 Å². The van der Waals surface area contributed by atoms with Crippen molar-refractivity contribution < 1.29 is 29.0 Å². The fourth-order valence-electron chi connectivity index (χ4n) is 3.28. The lowest BCUT2D eigenvalue weighted by Crippen LogP contribution is -2.19. The predicted octanol–water partition coefficient (Wildman–Crippen LogP) is 4.73. The van der Waals surface area contributed by atoms with Gasteiger partial charge in [-0.3, -0.25) is 14.5 Å². The summed E-state index contributed by atoms with van der Waals surface area (Å²) in [6.07, 6.45) is 0.671. The number of hydrogen-bond acceptors (Lipinski definition) is 5. The van der Waals surface area contributed by atoms with Gasteiger partial charge in [-0.15, -0.1) is 0 Å². The second-order valence-electron chi connectivity index (χ2n) is 6.80. The maximum absolute atomic E-state index is 12.9. The molecule has 2 amide bonds. The number of ether oxygens (including phenoxy) is 2. The number of carbonyl (C=O) groups is 3. The highest BCUT2D eigenvalue weighted by molar-refractivity contribution is 6.11. The molecule has 0 atom stereocenters. The summed E-state index contributed by atoms with van der Waals surface area (Å²) < 4.78 is 11.5. The molecule has 0 aliphatic rings. The molecule has 0 saturated carbocycles. The van der Waals surface area contributed by atoms with Crippen LogP contribution in [-0.2, 0) is 4.79 Å². The van der Waals surface area contributed by atoms with Gasteiger partial charge in [0, 0.05) is 17.8 Å². The van der Waals surface area contributed by atoms with Gasteiger partial charge in [-0.25, -0.2) is 4.79 Å². The quantitative estimate of drug-likeness (QED) is 0.435. The van der Waals surface area contributed by atoms with Crippen LogP contribution in [0.5, 0.6) is 11.5 Å². The van der Waals surface area contributed by atoms with Crippen molar-refractivity contribution >= 4 is 35.3 Å². The fourth-order valence-corrected chi connectivity index (χ4v) is 3.28. The summed E-state index contributed by atoms with van der Waals surface area (Å²) in [5.74, 6) is -1.17. The molecular weight excluding hydrogens is 424 g/mol. The Bertz CT molecular complexity index is 1150. The van der Waals surface area contributed by atoms with Crippen molar-refractivity contribution in [3.8, 4) is 11.5 Å². The Balaban J connectivity index is 2.07. The fraction of sp³-hybridized carbons (Fsp3) is 0.160. The van der Waals surface area contributed by atoms with E-state index >= 15 is 0 Å². The first kappa shape index (κ1) is 23.3. The van der Waals surface area contributed by atoms with Gasteiger partial charge in [0.15, 0.2) is 0 Å². The van der Waals surface area contributed by atoms with E-state index in [1.54, 1.807) is 50.2 Å². The molecule has 8 heteroatoms. The van der Waals surface area contributed by atoms with Gasteiger partial charge in [-0.05, 0) is 38.1 Å². The van der Waals surface area contributed by atoms with Crippen LogP contribution in [0.2, 0.25) is 0 Å². The Hall–Kier alpha value is -4.33. The molecule has 0 aromatic heterocycles. The molecule has 3 aromatic rings. The van der Waals surface area contributed by atoms with Crippen molar-refractivity contribution in [2.24, 2.45) is 0 Å². The van der Waals surface area contributed by atoms with E-state index in [4.69, 9.17) is 9.47 Å². The van der Waals surface area contributed by atoms with E-state index in [9.17, 15) is 19.5 Å². The third-order valence-electron chi connectivity index (χ3n) is 4.71. The molecule has 33 heavy (non-hydrogen) atoms. The first-order valence-electron chi connectivity index (χ1n) is 10.4. The normalized spacial score (nSPS) is 10.2. The molecule has 0 radical (unpaired) electrons. The van der Waals surface area contributed by atoms with Gasteiger partial charge in [0.05, 0.1) is 35.7 Å². The minimum absolute atomic E-state index is 0.00767. The lowest BCUT2D eigenvalue weighted by atomic mass is 10.1. The van der Waals surface area contributed by atoms with Gasteiger partial charge in [-0.1, -0.05) is 30.3 Å². The first-order valence-corrected chi connectivity index (χ1v) is 10.4. The Morgan fingerprint density at radius 1 is 0.909 bits per heavy atom. The van der Waals surface area contributed by atoms with Crippen molar-refractivity contribution in [1.82, 2.24) is 0 Å². The monoisotopic (exact) mass is 448 g/mol. The van der Waals surface area contributed by atoms with Crippen molar-refractivity contribution in [3.05, 3.63) is 77.9 Å². The second-order valence-corrected chi connectivity index (χ2v) is 6.80. The van der Waals surface area contributed by atoms with E-state index in [-0.39, 0.29) is 16.8 Å². The van der Waals surface area contributed by atoms with Crippen LogP contribution in [0.25, 0.3) is 0 Å². The Labute approximate surface area is 191 Å². The maximum atomic E-state index is 12.9. The smallest absolute Gasteiger partial charge is 0.336 e. The molecule has 2 N–H and O–H groups in total. The number of nitrogens with zero attached hydrogens (tertiary/aromatic N) is 1. The highest BCUT2D eigenvalue weighted by Gasteiger charge is 2.22. The number of rotatable bonds is 10. The maximum Gasteiger partial charge on any atom is 0.336 e. The van der Waals surface area contributed by atoms with E-state index in [1.807, 2.05) is 18.2 Å². The van der Waals surface area contributed by atoms with Crippen LogP contribution in [0.4, 0.5) is 17.1 Å². The number of carboxylic acid groups (broad SMARTS) is 1. The molecule has 0 unspecified atom stereocenters. The van der Waals surface area contributed by atoms with Gasteiger partial charge in [0.25, 0.3) is 5.91 Å². The molecule has 0 aliphatic carbocycles. The average molecular weight is 448 g/mol. The molecule has 0 saturated heterocycles. The Morgan fingerprint density at radius 3 is 2.12 bits per heavy atom. The second kappa shape index (κ2) is 10.8. The number of para-hydroxylation sites is 1. The van der Waals surface area contributed by atoms with E-state index in [0.717, 1.165) is 0 Å². The zero-order valence-corrected chi connectivity index (χ0v) is 18.3. The summed E-state index contributed by atoms with van der Waals surface area (Å²) in [7, 11) is 0. The topological polar surface area (TPSA) is 105 Å². The third-order valence-corrected chi connectivity index (χ3v) is 4.71. The number of carboxylic acids is 1. The molecule has 0 spiro atoms. The van der Waals surface area contributed by atoms with Crippen LogP contribution in [-0.4, -0.2) is 36.6 Å². The highest BCUT2D eigenvalue weighted by Crippen LogP contribution is 2.41. The lowest BCUT2D eigenvalue weighted by Gasteiger charge is -2.23. The zero-order valence-electron chi connectivity index (χ0n) is 18.3. The summed E-state index contributed by atoms with van der Waals surface area (Å²) in [5, 5.41) is 12.1. The Morgan fingerprint density at radius 2 is 1.52 bits per heavy atom. The molecule has 3 rings (SSSR count). The van der Waals surface area contributed by atoms with E-state index in [1.165, 1.54) is 17.0 Å². The van der Waals surface area contributed by atoms with Crippen molar-refractivity contribution in [3.63, 3.8) is 0 Å². The summed E-state index contributed by atoms with van der Waals surface area (Å²) >= 11 is 0. The number of aromatic carboxylic acids is 1. The number of nitrogens with one attached hydrogen (secondary N) is 1. The largest absolute Gasteiger partial charge is 0.492 e. The lowest BCUT2D eigenvalue weighted by molar-refractivity contribution is -0.106. The summed E-state index contributed by atoms with van der Waals surface area (Å²) in [5.41, 5.74) is 1.24. The standard InChI is InChI=1S/C25H24N2O6/c1-3-32-22-15-21(27(16-28)17-10-6-5-7-11-17)23(33-4-2)14-20(22)26-24(29)18-12-8-9-13-19(18)25(30)31/h5-16H,3-4H2,1-2H3,(H,26,29)(H,30,31). The summed E-state index contributed by atoms with van der Waals surface area (Å²) in [6.45, 7) is 4.21. The average Bonchev–Trinajstić information content (AvgIpc) is 2.82. The van der Waals surface area contributed by atoms with Gasteiger partial charge in [0.1, 0.15) is 11.5 Å². The minimum atomic E-state index is -1.21. The minimum Gasteiger partial charge on any atom is -0.492 e. The van der Waals surface area contributed by atoms with Gasteiger partial charge >= 0.3 is 5.97 Å². The first-order chi connectivity index (χ1) is 16.0. The number of amides is 2. The van der Waals surface area contributed by atoms with Crippen molar-refractivity contribution in [2.75, 3.05) is 23.4 Å². The van der Waals surface area contributed by atoms with Gasteiger partial charge in [0.2, 0.25) is 6.41 Å². The number of anilines is 3. The SMILES string of the molecule is CCOc1cc(N(C=O)c2ccccc2)c(OCC)cc1NC(=O)c1ccccc1C(=O)O. The molecule has 0 heterocycles. The van der Waals surface area contributed by atoms with Crippen molar-refractivity contribution in [1.29, 1.82) is 0 Å². The van der Waals surface area contributed by atoms with Crippen molar-refractivity contribution in [2.45, 2.75) is 13.8 Å². The molecule has 0 bridgehead atoms. The van der Waals surface area contributed by atoms with E-state index in [2.05, 4.69) is 5.32 Å². The van der Waals surface area contributed by atoms with E-state index < -0.39 is 11.9 Å². The number of hydrogen-bond donors (Lipinski definition) is 2. The third kappa shape index (κ3) is 5.30. The summed E-state index contributed by atoms with van der Waals surface area (Å²) in [6, 6.07) is 18.1. The molecule has 3 aromatic carbocycles. The van der Waals surface area contributed by atoms with Crippen LogP contribution in [0, 0.1) is 0 Å². The van der Waals surface area contributed by atoms with Gasteiger partial charge < -0.3 is 19.9 Å². The molecule has 0 fully saturated rings. The number of benzene rings is 3. The molecule has 8 nitrogen and oxygen atoms in total. The van der Waals surface area contributed by atoms with Crippen LogP contribution in [0.15, 0.2) is 66.7 Å². The molecule has 0 aliphatic heterocycles. The molecule has 170 valence electrons. The van der Waals surface area contributed by atoms with Crippen LogP contribution >= 0.6 is 0 Å². The highest BCUT2D eigenvalue weighted by atomic mass is 16.5. The predicted molar refractivity (Wildman–Crippen MR) is 125 cm³/mol. The van der Waals surface area contributed by atoms with Gasteiger partial charge in [-0.2, -0.15) is 0 Å². The summed E-state index contributed by atoms with van der Waals surface area (Å²) in [4.78, 5) is 37.8. The number of carbonyl (C=O) groups excluding carboxylic acids is 2.